The summed E-state index contributed by atoms with van der Waals surface area (Å²) >= 11 is 1.41. The molecule has 0 unspecified atom stereocenters. The number of fused-ring (bicyclic) bond motifs is 2. The Bertz CT molecular complexity index is 1050. The number of para-hydroxylation sites is 2. The molecule has 0 atom stereocenters. The van der Waals surface area contributed by atoms with Gasteiger partial charge >= 0.3 is 5.97 Å². The lowest BCUT2D eigenvalue weighted by Crippen LogP contribution is -2.08. The zero-order valence-electron chi connectivity index (χ0n) is 15.0. The molecule has 4 rings (SSSR count). The van der Waals surface area contributed by atoms with Crippen molar-refractivity contribution in [1.29, 1.82) is 0 Å². The number of carbonyl (C=O) groups is 1. The molecule has 0 spiro atoms. The van der Waals surface area contributed by atoms with Gasteiger partial charge in [-0.2, -0.15) is 0 Å². The van der Waals surface area contributed by atoms with Gasteiger partial charge in [0.05, 0.1) is 22.5 Å². The van der Waals surface area contributed by atoms with Crippen molar-refractivity contribution in [2.75, 3.05) is 5.75 Å². The van der Waals surface area contributed by atoms with Gasteiger partial charge in [-0.05, 0) is 30.7 Å². The fourth-order valence-electron chi connectivity index (χ4n) is 2.98. The van der Waals surface area contributed by atoms with Gasteiger partial charge in [0.25, 0.3) is 0 Å². The van der Waals surface area contributed by atoms with Gasteiger partial charge in [0, 0.05) is 18.9 Å². The molecule has 4 aromatic rings. The maximum Gasteiger partial charge on any atom is 0.316 e. The first-order valence-electron chi connectivity index (χ1n) is 8.91. The molecule has 3 aromatic heterocycles. The molecular formula is C20H20N4O2S. The van der Waals surface area contributed by atoms with Gasteiger partial charge < -0.3 is 13.7 Å². The number of aryl methyl sites for hydroxylation is 1. The molecule has 0 saturated heterocycles. The molecule has 0 aliphatic rings. The van der Waals surface area contributed by atoms with Crippen LogP contribution in [0.5, 0.6) is 0 Å². The van der Waals surface area contributed by atoms with Gasteiger partial charge in [-0.15, -0.1) is 0 Å². The molecule has 1 aromatic carbocycles. The van der Waals surface area contributed by atoms with E-state index in [4.69, 9.17) is 4.74 Å². The van der Waals surface area contributed by atoms with Crippen LogP contribution >= 0.6 is 11.8 Å². The van der Waals surface area contributed by atoms with Crippen molar-refractivity contribution in [3.05, 3.63) is 60.6 Å². The molecule has 0 radical (unpaired) electrons. The number of carbonyl (C=O) groups excluding carboxylic acids is 1. The number of rotatable bonds is 7. The van der Waals surface area contributed by atoms with Crippen LogP contribution < -0.4 is 0 Å². The van der Waals surface area contributed by atoms with E-state index in [0.29, 0.717) is 0 Å². The van der Waals surface area contributed by atoms with Gasteiger partial charge in [0.1, 0.15) is 12.3 Å². The Morgan fingerprint density at radius 2 is 2.00 bits per heavy atom. The Morgan fingerprint density at radius 1 is 1.15 bits per heavy atom. The molecular weight excluding hydrogens is 360 g/mol. The summed E-state index contributed by atoms with van der Waals surface area (Å²) in [6.45, 7) is 3.18. The Hall–Kier alpha value is -2.80. The lowest BCUT2D eigenvalue weighted by molar-refractivity contribution is -0.141. The molecule has 138 valence electrons. The summed E-state index contributed by atoms with van der Waals surface area (Å²) in [4.78, 5) is 21.3. The van der Waals surface area contributed by atoms with Crippen molar-refractivity contribution in [1.82, 2.24) is 18.9 Å². The summed E-state index contributed by atoms with van der Waals surface area (Å²) in [6.07, 6.45) is 4.80. The second-order valence-electron chi connectivity index (χ2n) is 6.18. The molecule has 3 heterocycles. The first-order valence-corrected chi connectivity index (χ1v) is 9.89. The Labute approximate surface area is 161 Å². The van der Waals surface area contributed by atoms with Crippen molar-refractivity contribution in [2.45, 2.75) is 31.7 Å². The second kappa shape index (κ2) is 7.84. The van der Waals surface area contributed by atoms with Crippen LogP contribution in [0.15, 0.2) is 60.0 Å². The maximum atomic E-state index is 12.2. The maximum absolute atomic E-state index is 12.2. The van der Waals surface area contributed by atoms with E-state index in [1.54, 1.807) is 0 Å². The topological polar surface area (TPSA) is 61.4 Å². The van der Waals surface area contributed by atoms with E-state index in [1.165, 1.54) is 11.8 Å². The third-order valence-corrected chi connectivity index (χ3v) is 5.13. The molecule has 7 heteroatoms. The van der Waals surface area contributed by atoms with Crippen molar-refractivity contribution in [2.24, 2.45) is 0 Å². The summed E-state index contributed by atoms with van der Waals surface area (Å²) < 4.78 is 9.45. The van der Waals surface area contributed by atoms with E-state index >= 15 is 0 Å². The highest BCUT2D eigenvalue weighted by molar-refractivity contribution is 7.99. The highest BCUT2D eigenvalue weighted by atomic mass is 32.2. The molecule has 0 bridgehead atoms. The number of nitrogens with zero attached hydrogens (tertiary/aromatic N) is 4. The summed E-state index contributed by atoms with van der Waals surface area (Å²) in [5.74, 6) is -0.0485. The summed E-state index contributed by atoms with van der Waals surface area (Å²) in [5, 5.41) is 0.850. The SMILES string of the molecule is CCCn1c(SCC(=O)OCc2cn3ccccc3n2)nc2ccccc21. The lowest BCUT2D eigenvalue weighted by Gasteiger charge is -2.07. The monoisotopic (exact) mass is 380 g/mol. The number of hydrogen-bond donors (Lipinski definition) is 0. The predicted octanol–water partition coefficient (Wildman–Crippen LogP) is 3.93. The Kier molecular flexibility index (Phi) is 5.11. The Morgan fingerprint density at radius 3 is 2.85 bits per heavy atom. The van der Waals surface area contributed by atoms with Crippen LogP contribution in [0.2, 0.25) is 0 Å². The zero-order chi connectivity index (χ0) is 18.6. The molecule has 0 aliphatic heterocycles. The molecule has 0 amide bonds. The molecule has 0 aliphatic carbocycles. The number of ether oxygens (including phenoxy) is 1. The van der Waals surface area contributed by atoms with Crippen LogP contribution in [0, 0.1) is 0 Å². The van der Waals surface area contributed by atoms with Crippen LogP contribution in [0.4, 0.5) is 0 Å². The van der Waals surface area contributed by atoms with Gasteiger partial charge in [0.15, 0.2) is 5.16 Å². The van der Waals surface area contributed by atoms with Crippen LogP contribution in [-0.4, -0.2) is 30.7 Å². The highest BCUT2D eigenvalue weighted by Crippen LogP contribution is 2.24. The minimum atomic E-state index is -0.271. The molecule has 6 nitrogen and oxygen atoms in total. The fraction of sp³-hybridized carbons (Fsp3) is 0.250. The number of pyridine rings is 1. The number of aromatic nitrogens is 4. The number of imidazole rings is 2. The van der Waals surface area contributed by atoms with Crippen molar-refractivity contribution >= 4 is 34.4 Å². The van der Waals surface area contributed by atoms with E-state index in [1.807, 2.05) is 53.2 Å². The summed E-state index contributed by atoms with van der Waals surface area (Å²) in [6, 6.07) is 13.8. The van der Waals surface area contributed by atoms with Gasteiger partial charge in [0.2, 0.25) is 0 Å². The third-order valence-electron chi connectivity index (χ3n) is 4.18. The highest BCUT2D eigenvalue weighted by Gasteiger charge is 2.13. The molecule has 27 heavy (non-hydrogen) atoms. The van der Waals surface area contributed by atoms with E-state index in [9.17, 15) is 4.79 Å². The molecule has 0 saturated carbocycles. The standard InChI is InChI=1S/C20H20N4O2S/c1-2-10-24-17-8-4-3-7-16(17)22-20(24)27-14-19(25)26-13-15-12-23-11-6-5-9-18(23)21-15/h3-9,11-12H,2,10,13-14H2,1H3. The third kappa shape index (κ3) is 3.83. The predicted molar refractivity (Wildman–Crippen MR) is 106 cm³/mol. The molecule has 0 N–H and O–H groups in total. The van der Waals surface area contributed by atoms with Crippen LogP contribution in [-0.2, 0) is 22.7 Å². The van der Waals surface area contributed by atoms with Gasteiger partial charge in [-0.25, -0.2) is 9.97 Å². The zero-order valence-corrected chi connectivity index (χ0v) is 15.9. The van der Waals surface area contributed by atoms with E-state index < -0.39 is 0 Å². The van der Waals surface area contributed by atoms with Crippen LogP contribution in [0.3, 0.4) is 0 Å². The minimum absolute atomic E-state index is 0.173. The summed E-state index contributed by atoms with van der Waals surface area (Å²) in [7, 11) is 0. The number of esters is 1. The summed E-state index contributed by atoms with van der Waals surface area (Å²) in [5.41, 5.74) is 3.62. The van der Waals surface area contributed by atoms with E-state index in [0.717, 1.165) is 40.5 Å². The average molecular weight is 380 g/mol. The normalized spacial score (nSPS) is 11.3. The van der Waals surface area contributed by atoms with E-state index in [2.05, 4.69) is 27.5 Å². The number of hydrogen-bond acceptors (Lipinski definition) is 5. The van der Waals surface area contributed by atoms with Crippen molar-refractivity contribution < 1.29 is 9.53 Å². The Balaban J connectivity index is 1.39. The first kappa shape index (κ1) is 17.6. The fourth-order valence-corrected chi connectivity index (χ4v) is 3.82. The lowest BCUT2D eigenvalue weighted by atomic mass is 10.3. The second-order valence-corrected chi connectivity index (χ2v) is 7.12. The van der Waals surface area contributed by atoms with Crippen molar-refractivity contribution in [3.63, 3.8) is 0 Å². The smallest absolute Gasteiger partial charge is 0.316 e. The van der Waals surface area contributed by atoms with Crippen molar-refractivity contribution in [3.8, 4) is 0 Å². The number of benzene rings is 1. The van der Waals surface area contributed by atoms with Crippen LogP contribution in [0.25, 0.3) is 16.7 Å². The average Bonchev–Trinajstić information content (AvgIpc) is 3.26. The molecule has 0 fully saturated rings. The largest absolute Gasteiger partial charge is 0.458 e. The van der Waals surface area contributed by atoms with E-state index in [-0.39, 0.29) is 18.3 Å². The van der Waals surface area contributed by atoms with Gasteiger partial charge in [-0.3, -0.25) is 4.79 Å². The minimum Gasteiger partial charge on any atom is -0.458 e. The quantitative estimate of drug-likeness (QED) is 0.359. The number of thioether (sulfide) groups is 1. The van der Waals surface area contributed by atoms with Gasteiger partial charge in [-0.1, -0.05) is 36.9 Å². The van der Waals surface area contributed by atoms with Crippen LogP contribution in [0.1, 0.15) is 19.0 Å². The first-order chi connectivity index (χ1) is 13.2.